The summed E-state index contributed by atoms with van der Waals surface area (Å²) < 4.78 is 1.60. The first-order valence-corrected chi connectivity index (χ1v) is 9.34. The number of carbonyl (C=O) groups is 1. The van der Waals surface area contributed by atoms with E-state index in [1.165, 1.54) is 18.3 Å². The summed E-state index contributed by atoms with van der Waals surface area (Å²) in [6.07, 6.45) is 6.55. The van der Waals surface area contributed by atoms with Gasteiger partial charge in [-0.1, -0.05) is 18.2 Å². The van der Waals surface area contributed by atoms with Crippen molar-refractivity contribution in [2.75, 3.05) is 25.5 Å². The summed E-state index contributed by atoms with van der Waals surface area (Å²) in [5.74, 6) is 0.0846. The zero-order chi connectivity index (χ0) is 17.9. The molecule has 1 aromatic heterocycles. The van der Waals surface area contributed by atoms with E-state index in [4.69, 9.17) is 0 Å². The molecule has 1 amide bonds. The third-order valence-corrected chi connectivity index (χ3v) is 5.70. The predicted octanol–water partition coefficient (Wildman–Crippen LogP) is 1.59. The molecule has 1 fully saturated rings. The molecule has 7 heteroatoms. The molecule has 1 aromatic carbocycles. The lowest BCUT2D eigenvalue weighted by molar-refractivity contribution is -0.133. The fourth-order valence-corrected chi connectivity index (χ4v) is 4.13. The fraction of sp³-hybridized carbons (Fsp3) is 0.526. The Morgan fingerprint density at radius 2 is 2.08 bits per heavy atom. The minimum atomic E-state index is 0.0846. The zero-order valence-corrected chi connectivity index (χ0v) is 15.2. The number of aromatic nitrogens is 3. The third kappa shape index (κ3) is 3.58. The van der Waals surface area contributed by atoms with Crippen molar-refractivity contribution in [3.8, 4) is 0 Å². The number of hydrogen-bond acceptors (Lipinski definition) is 5. The summed E-state index contributed by atoms with van der Waals surface area (Å²) in [4.78, 5) is 21.4. The van der Waals surface area contributed by atoms with Gasteiger partial charge < -0.3 is 10.2 Å². The average Bonchev–Trinajstić information content (AvgIpc) is 3.25. The monoisotopic (exact) mass is 354 g/mol. The average molecular weight is 354 g/mol. The number of nitrogens with zero attached hydrogens (tertiary/aromatic N) is 5. The molecule has 7 nitrogen and oxygen atoms in total. The Bertz CT molecular complexity index is 746. The van der Waals surface area contributed by atoms with E-state index in [2.05, 4.69) is 39.5 Å². The smallest absolute Gasteiger partial charge is 0.244 e. The second-order valence-corrected chi connectivity index (χ2v) is 7.29. The van der Waals surface area contributed by atoms with Gasteiger partial charge in [0.05, 0.1) is 0 Å². The first kappa shape index (κ1) is 17.0. The topological polar surface area (TPSA) is 66.3 Å². The van der Waals surface area contributed by atoms with Crippen molar-refractivity contribution in [3.63, 3.8) is 0 Å². The van der Waals surface area contributed by atoms with Crippen LogP contribution in [-0.4, -0.2) is 62.7 Å². The normalized spacial score (nSPS) is 23.8. The van der Waals surface area contributed by atoms with Gasteiger partial charge in [0.15, 0.2) is 0 Å². The molecule has 0 spiro atoms. The van der Waals surface area contributed by atoms with Crippen molar-refractivity contribution in [1.29, 1.82) is 0 Å². The molecule has 2 aliphatic heterocycles. The van der Waals surface area contributed by atoms with Crippen LogP contribution >= 0.6 is 0 Å². The number of hydrogen-bond donors (Lipinski definition) is 1. The molecule has 3 heterocycles. The number of rotatable bonds is 2. The Balaban J connectivity index is 1.60. The number of fused-ring (bicyclic) bond motifs is 3. The highest BCUT2D eigenvalue weighted by Gasteiger charge is 2.33. The van der Waals surface area contributed by atoms with Gasteiger partial charge in [0.25, 0.3) is 0 Å². The van der Waals surface area contributed by atoms with E-state index >= 15 is 0 Å². The second kappa shape index (κ2) is 7.45. The van der Waals surface area contributed by atoms with Crippen molar-refractivity contribution in [3.05, 3.63) is 42.5 Å². The van der Waals surface area contributed by atoms with Gasteiger partial charge in [0.1, 0.15) is 19.2 Å². The van der Waals surface area contributed by atoms with Crippen LogP contribution in [0.4, 0.5) is 5.69 Å². The SMILES string of the molecule is CN1[C@@H]2CCNc3ccccc3CN(C(=O)Cn3cncn3)C[C@H]1CC2. The molecule has 2 aliphatic rings. The van der Waals surface area contributed by atoms with Crippen molar-refractivity contribution in [1.82, 2.24) is 24.6 Å². The van der Waals surface area contributed by atoms with Gasteiger partial charge >= 0.3 is 0 Å². The molecule has 2 atom stereocenters. The molecule has 0 radical (unpaired) electrons. The number of anilines is 1. The minimum absolute atomic E-state index is 0.0846. The predicted molar refractivity (Wildman–Crippen MR) is 99.6 cm³/mol. The van der Waals surface area contributed by atoms with Gasteiger partial charge in [0, 0.05) is 37.4 Å². The van der Waals surface area contributed by atoms with Crippen LogP contribution < -0.4 is 5.32 Å². The molecule has 0 aliphatic carbocycles. The largest absolute Gasteiger partial charge is 0.385 e. The Labute approximate surface area is 154 Å². The van der Waals surface area contributed by atoms with Crippen LogP contribution in [0.3, 0.4) is 0 Å². The summed E-state index contributed by atoms with van der Waals surface area (Å²) in [5, 5.41) is 7.66. The number of para-hydroxylation sites is 1. The van der Waals surface area contributed by atoms with E-state index in [0.29, 0.717) is 18.6 Å². The van der Waals surface area contributed by atoms with Crippen LogP contribution in [0.1, 0.15) is 24.8 Å². The molecule has 2 aromatic rings. The van der Waals surface area contributed by atoms with Crippen LogP contribution in [0.15, 0.2) is 36.9 Å². The maximum absolute atomic E-state index is 13.0. The van der Waals surface area contributed by atoms with Crippen molar-refractivity contribution < 1.29 is 4.79 Å². The molecular formula is C19H26N6O. The fourth-order valence-electron chi connectivity index (χ4n) is 4.13. The van der Waals surface area contributed by atoms with Crippen LogP contribution in [0, 0.1) is 0 Å². The second-order valence-electron chi connectivity index (χ2n) is 7.29. The Hall–Kier alpha value is -2.41. The van der Waals surface area contributed by atoms with Crippen molar-refractivity contribution >= 4 is 11.6 Å². The molecule has 1 saturated heterocycles. The molecule has 138 valence electrons. The lowest BCUT2D eigenvalue weighted by Crippen LogP contribution is -2.44. The molecule has 0 unspecified atom stereocenters. The quantitative estimate of drug-likeness (QED) is 0.887. The molecular weight excluding hydrogens is 328 g/mol. The first-order valence-electron chi connectivity index (χ1n) is 9.34. The van der Waals surface area contributed by atoms with Crippen molar-refractivity contribution in [2.45, 2.75) is 44.4 Å². The number of carbonyl (C=O) groups excluding carboxylic acids is 1. The Kier molecular flexibility index (Phi) is 4.88. The zero-order valence-electron chi connectivity index (χ0n) is 15.2. The van der Waals surface area contributed by atoms with Gasteiger partial charge in [-0.2, -0.15) is 5.10 Å². The molecule has 26 heavy (non-hydrogen) atoms. The standard InChI is InChI=1S/C19H26N6O/c1-23-16-6-7-17(23)11-24(19(26)12-25-14-20-13-22-25)10-15-4-2-3-5-18(15)21-9-8-16/h2-5,13-14,16-17,21H,6-12H2,1H3/t16-,17+/m0/s1. The summed E-state index contributed by atoms with van der Waals surface area (Å²) in [5.41, 5.74) is 2.30. The highest BCUT2D eigenvalue weighted by atomic mass is 16.2. The van der Waals surface area contributed by atoms with Gasteiger partial charge in [-0.25, -0.2) is 9.67 Å². The summed E-state index contributed by atoms with van der Waals surface area (Å²) in [6, 6.07) is 9.31. The van der Waals surface area contributed by atoms with Gasteiger partial charge in [-0.15, -0.1) is 0 Å². The lowest BCUT2D eigenvalue weighted by atomic mass is 10.1. The third-order valence-electron chi connectivity index (χ3n) is 5.70. The Morgan fingerprint density at radius 1 is 1.23 bits per heavy atom. The Morgan fingerprint density at radius 3 is 2.92 bits per heavy atom. The van der Waals surface area contributed by atoms with E-state index < -0.39 is 0 Å². The van der Waals surface area contributed by atoms with E-state index in [1.54, 1.807) is 11.0 Å². The van der Waals surface area contributed by atoms with E-state index in [1.807, 2.05) is 17.0 Å². The summed E-state index contributed by atoms with van der Waals surface area (Å²) >= 11 is 0. The highest BCUT2D eigenvalue weighted by Crippen LogP contribution is 2.28. The molecule has 0 saturated carbocycles. The molecule has 1 N–H and O–H groups in total. The number of likely N-dealkylation sites (N-methyl/N-ethyl adjacent to an activating group) is 1. The van der Waals surface area contributed by atoms with Gasteiger partial charge in [-0.05, 0) is 37.9 Å². The number of nitrogens with one attached hydrogen (secondary N) is 1. The summed E-state index contributed by atoms with van der Waals surface area (Å²) in [7, 11) is 2.20. The van der Waals surface area contributed by atoms with Crippen LogP contribution in [0.2, 0.25) is 0 Å². The van der Waals surface area contributed by atoms with E-state index in [-0.39, 0.29) is 12.5 Å². The van der Waals surface area contributed by atoms with Crippen LogP contribution in [0.5, 0.6) is 0 Å². The summed E-state index contributed by atoms with van der Waals surface area (Å²) in [6.45, 7) is 2.57. The van der Waals surface area contributed by atoms with E-state index in [0.717, 1.165) is 31.6 Å². The number of amides is 1. The van der Waals surface area contributed by atoms with E-state index in [9.17, 15) is 4.79 Å². The molecule has 2 bridgehead atoms. The van der Waals surface area contributed by atoms with Gasteiger partial charge in [0.2, 0.25) is 5.91 Å². The maximum Gasteiger partial charge on any atom is 0.244 e. The molecule has 4 rings (SSSR count). The van der Waals surface area contributed by atoms with Crippen molar-refractivity contribution in [2.24, 2.45) is 0 Å². The van der Waals surface area contributed by atoms with Crippen LogP contribution in [0.25, 0.3) is 0 Å². The number of benzene rings is 1. The lowest BCUT2D eigenvalue weighted by Gasteiger charge is -2.31. The van der Waals surface area contributed by atoms with Crippen LogP contribution in [-0.2, 0) is 17.9 Å². The first-order chi connectivity index (χ1) is 12.7. The van der Waals surface area contributed by atoms with Gasteiger partial charge in [-0.3, -0.25) is 9.69 Å². The highest BCUT2D eigenvalue weighted by molar-refractivity contribution is 5.76. The maximum atomic E-state index is 13.0. The minimum Gasteiger partial charge on any atom is -0.385 e.